The first kappa shape index (κ1) is 21.9. The van der Waals surface area contributed by atoms with E-state index in [1.807, 2.05) is 24.3 Å². The molecule has 30 heavy (non-hydrogen) atoms. The normalized spacial score (nSPS) is 15.8. The van der Waals surface area contributed by atoms with E-state index in [1.165, 1.54) is 12.1 Å². The molecule has 0 amide bonds. The summed E-state index contributed by atoms with van der Waals surface area (Å²) in [6.07, 6.45) is 2.75. The molecule has 0 unspecified atom stereocenters. The zero-order valence-electron chi connectivity index (χ0n) is 17.7. The van der Waals surface area contributed by atoms with Gasteiger partial charge in [0, 0.05) is 45.3 Å². The van der Waals surface area contributed by atoms with Gasteiger partial charge in [-0.25, -0.2) is 4.39 Å². The Bertz CT molecular complexity index is 834. The van der Waals surface area contributed by atoms with Crippen LogP contribution in [0.1, 0.15) is 24.0 Å². The maximum Gasteiger partial charge on any atom is 0.191 e. The van der Waals surface area contributed by atoms with Gasteiger partial charge in [0.05, 0.1) is 7.11 Å². The Hall–Kier alpha value is -2.80. The lowest BCUT2D eigenvalue weighted by molar-refractivity contribution is 0.198. The molecule has 0 atom stereocenters. The van der Waals surface area contributed by atoms with Gasteiger partial charge in [-0.05, 0) is 48.6 Å². The maximum absolute atomic E-state index is 13.1. The van der Waals surface area contributed by atoms with Crippen molar-refractivity contribution in [3.05, 3.63) is 59.4 Å². The highest BCUT2D eigenvalue weighted by molar-refractivity contribution is 5.80. The molecule has 1 aliphatic heterocycles. The third-order valence-electron chi connectivity index (χ3n) is 5.45. The molecular weight excluding hydrogens is 383 g/mol. The number of nitrogens with zero attached hydrogens (tertiary/aromatic N) is 2. The van der Waals surface area contributed by atoms with Crippen LogP contribution in [0, 0.1) is 5.82 Å². The number of ether oxygens (including phenoxy) is 1. The second-order valence-electron chi connectivity index (χ2n) is 7.56. The van der Waals surface area contributed by atoms with Crippen LogP contribution >= 0.6 is 0 Å². The predicted molar refractivity (Wildman–Crippen MR) is 118 cm³/mol. The molecule has 1 heterocycles. The van der Waals surface area contributed by atoms with Gasteiger partial charge in [0.25, 0.3) is 0 Å². The predicted octanol–water partition coefficient (Wildman–Crippen LogP) is 2.91. The Kier molecular flexibility index (Phi) is 7.90. The fourth-order valence-electron chi connectivity index (χ4n) is 3.67. The average molecular weight is 415 g/mol. The molecule has 6 nitrogen and oxygen atoms in total. The number of phenols is 1. The molecule has 1 aliphatic rings. The number of rotatable bonds is 7. The standard InChI is InChI=1S/C23H31FN4O2/c1-25-23(26-12-9-18-5-8-21(30-2)15-22(18)29)27-20-10-13-28(14-11-20)16-17-3-6-19(24)7-4-17/h3-8,15,20,29H,9-14,16H2,1-2H3,(H2,25,26,27). The molecule has 0 aliphatic carbocycles. The molecule has 7 heteroatoms. The van der Waals surface area contributed by atoms with E-state index in [0.717, 1.165) is 49.6 Å². The summed E-state index contributed by atoms with van der Waals surface area (Å²) in [5.41, 5.74) is 2.01. The van der Waals surface area contributed by atoms with Crippen molar-refractivity contribution < 1.29 is 14.2 Å². The highest BCUT2D eigenvalue weighted by Crippen LogP contribution is 2.23. The number of aromatic hydroxyl groups is 1. The van der Waals surface area contributed by atoms with Crippen molar-refractivity contribution in [1.82, 2.24) is 15.5 Å². The van der Waals surface area contributed by atoms with E-state index in [1.54, 1.807) is 20.2 Å². The largest absolute Gasteiger partial charge is 0.508 e. The van der Waals surface area contributed by atoms with E-state index in [0.29, 0.717) is 24.8 Å². The fraction of sp³-hybridized carbons (Fsp3) is 0.435. The summed E-state index contributed by atoms with van der Waals surface area (Å²) < 4.78 is 18.2. The lowest BCUT2D eigenvalue weighted by Gasteiger charge is -2.33. The van der Waals surface area contributed by atoms with E-state index in [9.17, 15) is 9.50 Å². The van der Waals surface area contributed by atoms with Gasteiger partial charge in [-0.2, -0.15) is 0 Å². The number of nitrogens with one attached hydrogen (secondary N) is 2. The topological polar surface area (TPSA) is 69.1 Å². The second-order valence-corrected chi connectivity index (χ2v) is 7.56. The molecule has 0 aromatic heterocycles. The molecule has 0 bridgehead atoms. The summed E-state index contributed by atoms with van der Waals surface area (Å²) in [6, 6.07) is 12.5. The van der Waals surface area contributed by atoms with Gasteiger partial charge < -0.3 is 20.5 Å². The maximum atomic E-state index is 13.1. The molecule has 1 saturated heterocycles. The molecule has 3 rings (SSSR count). The summed E-state index contributed by atoms with van der Waals surface area (Å²) in [7, 11) is 3.35. The summed E-state index contributed by atoms with van der Waals surface area (Å²) in [6.45, 7) is 3.51. The Morgan fingerprint density at radius 3 is 2.57 bits per heavy atom. The van der Waals surface area contributed by atoms with Crippen LogP contribution in [0.25, 0.3) is 0 Å². The highest BCUT2D eigenvalue weighted by atomic mass is 19.1. The van der Waals surface area contributed by atoms with Crippen LogP contribution in [0.5, 0.6) is 11.5 Å². The van der Waals surface area contributed by atoms with Crippen molar-refractivity contribution in [2.24, 2.45) is 4.99 Å². The van der Waals surface area contributed by atoms with Crippen molar-refractivity contribution in [2.75, 3.05) is 33.8 Å². The Labute approximate surface area is 177 Å². The first-order valence-corrected chi connectivity index (χ1v) is 10.4. The van der Waals surface area contributed by atoms with Crippen molar-refractivity contribution in [2.45, 2.75) is 31.8 Å². The van der Waals surface area contributed by atoms with Crippen LogP contribution in [-0.2, 0) is 13.0 Å². The van der Waals surface area contributed by atoms with Gasteiger partial charge >= 0.3 is 0 Å². The summed E-state index contributed by atoms with van der Waals surface area (Å²) in [4.78, 5) is 6.72. The van der Waals surface area contributed by atoms with E-state index in [4.69, 9.17) is 4.74 Å². The fourth-order valence-corrected chi connectivity index (χ4v) is 3.67. The zero-order chi connectivity index (χ0) is 21.3. The van der Waals surface area contributed by atoms with Gasteiger partial charge in [0.15, 0.2) is 5.96 Å². The Balaban J connectivity index is 1.39. The number of benzene rings is 2. The average Bonchev–Trinajstić information content (AvgIpc) is 2.76. The third-order valence-corrected chi connectivity index (χ3v) is 5.45. The van der Waals surface area contributed by atoms with Crippen LogP contribution in [0.2, 0.25) is 0 Å². The molecule has 3 N–H and O–H groups in total. The van der Waals surface area contributed by atoms with E-state index >= 15 is 0 Å². The Morgan fingerprint density at radius 2 is 1.93 bits per heavy atom. The molecule has 1 fully saturated rings. The summed E-state index contributed by atoms with van der Waals surface area (Å²) >= 11 is 0. The van der Waals surface area contributed by atoms with Crippen molar-refractivity contribution in [3.63, 3.8) is 0 Å². The smallest absolute Gasteiger partial charge is 0.191 e. The number of halogens is 1. The van der Waals surface area contributed by atoms with Gasteiger partial charge in [-0.1, -0.05) is 18.2 Å². The monoisotopic (exact) mass is 414 g/mol. The van der Waals surface area contributed by atoms with Crippen LogP contribution < -0.4 is 15.4 Å². The molecule has 2 aromatic carbocycles. The number of guanidine groups is 1. The van der Waals surface area contributed by atoms with Crippen molar-refractivity contribution in [3.8, 4) is 11.5 Å². The van der Waals surface area contributed by atoms with Crippen molar-refractivity contribution >= 4 is 5.96 Å². The number of hydrogen-bond acceptors (Lipinski definition) is 4. The number of piperidine rings is 1. The van der Waals surface area contributed by atoms with Crippen LogP contribution in [-0.4, -0.2) is 55.8 Å². The summed E-state index contributed by atoms with van der Waals surface area (Å²) in [5.74, 6) is 1.47. The third kappa shape index (κ3) is 6.35. The minimum absolute atomic E-state index is 0.192. The van der Waals surface area contributed by atoms with E-state index in [2.05, 4.69) is 20.5 Å². The molecule has 162 valence electrons. The Morgan fingerprint density at radius 1 is 1.20 bits per heavy atom. The molecule has 0 spiro atoms. The van der Waals surface area contributed by atoms with Gasteiger partial charge in [-0.15, -0.1) is 0 Å². The number of methoxy groups -OCH3 is 1. The number of aliphatic imine (C=N–C) groups is 1. The number of phenolic OH excluding ortho intramolecular Hbond substituents is 1. The quantitative estimate of drug-likeness (QED) is 0.480. The van der Waals surface area contributed by atoms with Gasteiger partial charge in [0.1, 0.15) is 17.3 Å². The minimum Gasteiger partial charge on any atom is -0.508 e. The lowest BCUT2D eigenvalue weighted by atomic mass is 10.0. The highest BCUT2D eigenvalue weighted by Gasteiger charge is 2.20. The molecule has 2 aromatic rings. The van der Waals surface area contributed by atoms with E-state index < -0.39 is 0 Å². The van der Waals surface area contributed by atoms with Crippen LogP contribution in [0.15, 0.2) is 47.5 Å². The minimum atomic E-state index is -0.192. The summed E-state index contributed by atoms with van der Waals surface area (Å²) in [5, 5.41) is 16.9. The van der Waals surface area contributed by atoms with Crippen LogP contribution in [0.4, 0.5) is 4.39 Å². The lowest BCUT2D eigenvalue weighted by Crippen LogP contribution is -2.48. The number of hydrogen-bond donors (Lipinski definition) is 3. The van der Waals surface area contributed by atoms with Crippen molar-refractivity contribution in [1.29, 1.82) is 0 Å². The zero-order valence-corrected chi connectivity index (χ0v) is 17.7. The first-order valence-electron chi connectivity index (χ1n) is 10.4. The second kappa shape index (κ2) is 10.8. The van der Waals surface area contributed by atoms with E-state index in [-0.39, 0.29) is 11.6 Å². The number of likely N-dealkylation sites (tertiary alicyclic amines) is 1. The van der Waals surface area contributed by atoms with Gasteiger partial charge in [-0.3, -0.25) is 9.89 Å². The molecule has 0 radical (unpaired) electrons. The molecule has 0 saturated carbocycles. The SMILES string of the molecule is CN=C(NCCc1ccc(OC)cc1O)NC1CCN(Cc2ccc(F)cc2)CC1. The first-order chi connectivity index (χ1) is 14.6. The molecular formula is C23H31FN4O2. The van der Waals surface area contributed by atoms with Gasteiger partial charge in [0.2, 0.25) is 0 Å². The van der Waals surface area contributed by atoms with Crippen LogP contribution in [0.3, 0.4) is 0 Å².